The van der Waals surface area contributed by atoms with Gasteiger partial charge in [-0.3, -0.25) is 9.98 Å². The lowest BCUT2D eigenvalue weighted by atomic mass is 10.0. The molecule has 0 heterocycles. The second kappa shape index (κ2) is 50.9. The number of rotatable bonds is 54. The van der Waals surface area contributed by atoms with Gasteiger partial charge in [-0.05, 0) is 26.7 Å². The number of nitrogens with zero attached hydrogens (tertiary/aromatic N) is 2. The maximum Gasteiger partial charge on any atom is 0.343 e. The van der Waals surface area contributed by atoms with Crippen LogP contribution in [0.4, 0.5) is 11.4 Å². The Balaban J connectivity index is 1.69. The molecule has 0 aromatic heterocycles. The first-order valence-electron chi connectivity index (χ1n) is 34.2. The minimum Gasteiger partial charge on any atom is -0.506 e. The monoisotopic (exact) mass is 1160 g/mol. The number of ether oxygens (including phenoxy) is 4. The van der Waals surface area contributed by atoms with Crippen molar-refractivity contribution in [3.8, 4) is 11.5 Å². The Morgan fingerprint density at radius 3 is 0.833 bits per heavy atom. The molecule has 3 aromatic rings. The zero-order chi connectivity index (χ0) is 60.2. The van der Waals surface area contributed by atoms with Crippen LogP contribution in [0.3, 0.4) is 0 Å². The summed E-state index contributed by atoms with van der Waals surface area (Å²) < 4.78 is 23.8. The maximum atomic E-state index is 13.4. The van der Waals surface area contributed by atoms with Crippen molar-refractivity contribution in [1.82, 2.24) is 0 Å². The third-order valence-electron chi connectivity index (χ3n) is 15.8. The highest BCUT2D eigenvalue weighted by atomic mass is 16.5. The fourth-order valence-electron chi connectivity index (χ4n) is 10.7. The van der Waals surface area contributed by atoms with Gasteiger partial charge < -0.3 is 29.2 Å². The standard InChI is InChI=1S/C74H116N2O8/c1-5-9-11-13-15-17-19-21-23-25-27-29-31-33-35-37-39-41-43-51-57-83-69-59-67(75-61-65(73(79)81-7-3)71(77)63-53-47-45-48-54-63)68(76-62-66(74(80)82-8-4)72(78)64-55-49-46-50-56-64)60-70(69)84-58-52-44-42-40-38-36-34-32-30-28-26-24-22-20-18-16-14-12-10-6-2/h45-50,53-56,59-62,77-78H,5-44,51-52,57-58H2,1-4H3/b71-65-,72-66-,75-61?,76-62?. The van der Waals surface area contributed by atoms with E-state index < -0.39 is 11.9 Å². The molecule has 0 unspecified atom stereocenters. The van der Waals surface area contributed by atoms with E-state index in [0.29, 0.717) is 35.8 Å². The summed E-state index contributed by atoms with van der Waals surface area (Å²) in [4.78, 5) is 36.4. The summed E-state index contributed by atoms with van der Waals surface area (Å²) in [6.07, 6.45) is 55.0. The van der Waals surface area contributed by atoms with Crippen molar-refractivity contribution in [2.24, 2.45) is 9.98 Å². The number of aliphatic imine (C=N–C) groups is 2. The number of carbonyl (C=O) groups excluding carboxylic acids is 2. The predicted molar refractivity (Wildman–Crippen MR) is 355 cm³/mol. The number of esters is 2. The fourth-order valence-corrected chi connectivity index (χ4v) is 10.7. The van der Waals surface area contributed by atoms with E-state index in [1.54, 1.807) is 74.5 Å². The minimum atomic E-state index is -0.751. The van der Waals surface area contributed by atoms with E-state index in [4.69, 9.17) is 28.9 Å². The summed E-state index contributed by atoms with van der Waals surface area (Å²) in [5.41, 5.74) is 1.05. The molecule has 3 rings (SSSR count). The van der Waals surface area contributed by atoms with Crippen LogP contribution in [0.2, 0.25) is 0 Å². The molecular formula is C74H116N2O8. The van der Waals surface area contributed by atoms with Gasteiger partial charge in [-0.2, -0.15) is 0 Å². The number of carbonyl (C=O) groups is 2. The van der Waals surface area contributed by atoms with Crippen LogP contribution in [0.5, 0.6) is 11.5 Å². The van der Waals surface area contributed by atoms with E-state index in [1.165, 1.54) is 231 Å². The quantitative estimate of drug-likeness (QED) is 0.0187. The van der Waals surface area contributed by atoms with Crippen molar-refractivity contribution in [3.05, 3.63) is 95.1 Å². The van der Waals surface area contributed by atoms with Gasteiger partial charge in [0.2, 0.25) is 0 Å². The Hall–Kier alpha value is -5.38. The van der Waals surface area contributed by atoms with Gasteiger partial charge in [-0.1, -0.05) is 319 Å². The lowest BCUT2D eigenvalue weighted by Gasteiger charge is -2.15. The molecule has 0 fully saturated rings. The molecule has 0 saturated heterocycles. The number of hydrogen-bond donors (Lipinski definition) is 2. The number of unbranched alkanes of at least 4 members (excludes halogenated alkanes) is 38. The van der Waals surface area contributed by atoms with Crippen molar-refractivity contribution < 1.29 is 38.7 Å². The molecule has 0 amide bonds. The molecule has 0 saturated carbocycles. The van der Waals surface area contributed by atoms with Gasteiger partial charge in [0.05, 0.1) is 37.8 Å². The highest BCUT2D eigenvalue weighted by Crippen LogP contribution is 2.41. The Kier molecular flexibility index (Phi) is 44.2. The molecule has 2 N–H and O–H groups in total. The number of benzene rings is 3. The van der Waals surface area contributed by atoms with Gasteiger partial charge in [-0.25, -0.2) is 9.59 Å². The minimum absolute atomic E-state index is 0.0880. The summed E-state index contributed by atoms with van der Waals surface area (Å²) in [6, 6.07) is 20.9. The molecule has 0 bridgehead atoms. The van der Waals surface area contributed by atoms with Crippen LogP contribution in [-0.2, 0) is 19.1 Å². The molecule has 470 valence electrons. The molecule has 0 radical (unpaired) electrons. The lowest BCUT2D eigenvalue weighted by Crippen LogP contribution is -2.11. The van der Waals surface area contributed by atoms with E-state index in [1.807, 2.05) is 12.1 Å². The molecule has 3 aromatic carbocycles. The van der Waals surface area contributed by atoms with Crippen LogP contribution in [-0.4, -0.2) is 61.0 Å². The van der Waals surface area contributed by atoms with Gasteiger partial charge in [0.1, 0.15) is 22.7 Å². The van der Waals surface area contributed by atoms with Gasteiger partial charge >= 0.3 is 11.9 Å². The summed E-state index contributed by atoms with van der Waals surface area (Å²) in [7, 11) is 0. The van der Waals surface area contributed by atoms with E-state index in [9.17, 15) is 19.8 Å². The van der Waals surface area contributed by atoms with Crippen molar-refractivity contribution in [1.29, 1.82) is 0 Å². The number of hydrogen-bond acceptors (Lipinski definition) is 10. The molecule has 0 atom stereocenters. The molecule has 0 aliphatic heterocycles. The first-order valence-corrected chi connectivity index (χ1v) is 34.2. The normalized spacial score (nSPS) is 12.2. The average Bonchev–Trinajstić information content (AvgIpc) is 3.66. The van der Waals surface area contributed by atoms with Crippen molar-refractivity contribution in [2.45, 2.75) is 285 Å². The van der Waals surface area contributed by atoms with Crippen molar-refractivity contribution in [2.75, 3.05) is 26.4 Å². The largest absolute Gasteiger partial charge is 0.506 e. The van der Waals surface area contributed by atoms with Crippen molar-refractivity contribution in [3.63, 3.8) is 0 Å². The maximum absolute atomic E-state index is 13.4. The SMILES string of the molecule is CCCCCCCCCCCCCCCCCCCCCCOc1cc(N=C/C(C(=O)OCC)=C(/O)c2ccccc2)c(N=C/C(C(=O)OCC)=C(/O)c2ccccc2)cc1OCCCCCCCCCCCCCCCCCCCCCC. The number of aliphatic hydroxyl groups is 2. The Bertz CT molecular complexity index is 2080. The van der Waals surface area contributed by atoms with Crippen LogP contribution in [0, 0.1) is 0 Å². The fraction of sp³-hybridized carbons (Fsp3) is 0.649. The first-order chi connectivity index (χ1) is 41.3. The molecule has 10 heteroatoms. The van der Waals surface area contributed by atoms with E-state index >= 15 is 0 Å². The van der Waals surface area contributed by atoms with Gasteiger partial charge in [-0.15, -0.1) is 0 Å². The zero-order valence-corrected chi connectivity index (χ0v) is 53.4. The van der Waals surface area contributed by atoms with Crippen LogP contribution in [0.15, 0.2) is 93.9 Å². The summed E-state index contributed by atoms with van der Waals surface area (Å²) in [5, 5.41) is 22.9. The van der Waals surface area contributed by atoms with Gasteiger partial charge in [0.15, 0.2) is 11.5 Å². The molecule has 0 aliphatic carbocycles. The average molecular weight is 1160 g/mol. The Morgan fingerprint density at radius 2 is 0.595 bits per heavy atom. The first kappa shape index (κ1) is 72.9. The highest BCUT2D eigenvalue weighted by Gasteiger charge is 2.20. The predicted octanol–water partition coefficient (Wildman–Crippen LogP) is 22.6. The molecule has 0 aliphatic rings. The molecular weight excluding hydrogens is 1040 g/mol. The van der Waals surface area contributed by atoms with E-state index in [-0.39, 0.29) is 47.3 Å². The zero-order valence-electron chi connectivity index (χ0n) is 53.4. The van der Waals surface area contributed by atoms with E-state index in [0.717, 1.165) is 38.5 Å². The molecule has 0 spiro atoms. The lowest BCUT2D eigenvalue weighted by molar-refractivity contribution is -0.138. The van der Waals surface area contributed by atoms with Crippen LogP contribution < -0.4 is 9.47 Å². The highest BCUT2D eigenvalue weighted by molar-refractivity contribution is 6.16. The molecule has 84 heavy (non-hydrogen) atoms. The smallest absolute Gasteiger partial charge is 0.343 e. The Labute approximate surface area is 511 Å². The van der Waals surface area contributed by atoms with Crippen LogP contribution >= 0.6 is 0 Å². The molecule has 10 nitrogen and oxygen atoms in total. The van der Waals surface area contributed by atoms with Gasteiger partial charge in [0, 0.05) is 35.7 Å². The van der Waals surface area contributed by atoms with Crippen molar-refractivity contribution >= 4 is 47.3 Å². The third kappa shape index (κ3) is 34.5. The second-order valence-electron chi connectivity index (χ2n) is 23.1. The number of aliphatic hydroxyl groups excluding tert-OH is 2. The summed E-state index contributed by atoms with van der Waals surface area (Å²) >= 11 is 0. The topological polar surface area (TPSA) is 136 Å². The third-order valence-corrected chi connectivity index (χ3v) is 15.8. The second-order valence-corrected chi connectivity index (χ2v) is 23.1. The summed E-state index contributed by atoms with van der Waals surface area (Å²) in [6.45, 7) is 9.07. The van der Waals surface area contributed by atoms with E-state index in [2.05, 4.69) is 13.8 Å². The van der Waals surface area contributed by atoms with Crippen LogP contribution in [0.25, 0.3) is 11.5 Å². The summed E-state index contributed by atoms with van der Waals surface area (Å²) in [5.74, 6) is -1.16. The Morgan fingerprint density at radius 1 is 0.357 bits per heavy atom. The van der Waals surface area contributed by atoms with Crippen LogP contribution in [0.1, 0.15) is 296 Å². The van der Waals surface area contributed by atoms with Gasteiger partial charge in [0.25, 0.3) is 0 Å².